The third-order valence-corrected chi connectivity index (χ3v) is 5.83. The molecule has 0 bridgehead atoms. The highest BCUT2D eigenvalue weighted by molar-refractivity contribution is 6.54. The molecule has 0 aliphatic heterocycles. The molecular formula is C24H22Cl2N3O5+. The van der Waals surface area contributed by atoms with Gasteiger partial charge in [0.15, 0.2) is 5.69 Å². The molecule has 0 aliphatic carbocycles. The van der Waals surface area contributed by atoms with E-state index in [1.165, 1.54) is 30.1 Å². The van der Waals surface area contributed by atoms with E-state index in [1.807, 2.05) is 0 Å². The van der Waals surface area contributed by atoms with Crippen LogP contribution in [0.1, 0.15) is 31.1 Å². The van der Waals surface area contributed by atoms with Crippen molar-refractivity contribution in [2.75, 3.05) is 20.2 Å². The van der Waals surface area contributed by atoms with E-state index in [1.54, 1.807) is 60.1 Å². The van der Waals surface area contributed by atoms with Crippen LogP contribution >= 0.6 is 23.6 Å². The van der Waals surface area contributed by atoms with E-state index in [2.05, 4.69) is 0 Å². The van der Waals surface area contributed by atoms with Crippen molar-refractivity contribution in [2.24, 2.45) is 0 Å². The first-order valence-electron chi connectivity index (χ1n) is 10.1. The van der Waals surface area contributed by atoms with Crippen molar-refractivity contribution in [3.8, 4) is 11.1 Å². The Balaban J connectivity index is 2.12. The van der Waals surface area contributed by atoms with Gasteiger partial charge >= 0.3 is 5.91 Å². The predicted molar refractivity (Wildman–Crippen MR) is 129 cm³/mol. The standard InChI is InChI=1S/C24H21Cl2N3O5/c1-28(11-12-30)23(32)20-13-19(16-7-9-17(10-8-16)22(31)27-34)14-21(15-20)29(25,26)24(33)18-5-3-2-4-6-18/h2-10,13-15,30H,11-12H2,1H3,(H-,27,31,34)/p+1. The Morgan fingerprint density at radius 1 is 0.882 bits per heavy atom. The first-order chi connectivity index (χ1) is 16.2. The van der Waals surface area contributed by atoms with Crippen LogP contribution in [0.15, 0.2) is 72.8 Å². The van der Waals surface area contributed by atoms with Crippen LogP contribution in [-0.2, 0) is 0 Å². The highest BCUT2D eigenvalue weighted by atomic mass is 35.5. The van der Waals surface area contributed by atoms with Gasteiger partial charge in [-0.3, -0.25) is 14.8 Å². The molecule has 3 amide bonds. The van der Waals surface area contributed by atoms with Crippen molar-refractivity contribution < 1.29 is 24.7 Å². The summed E-state index contributed by atoms with van der Waals surface area (Å²) in [6, 6.07) is 19.1. The number of hydrogen-bond acceptors (Lipinski definition) is 5. The molecule has 3 rings (SSSR count). The summed E-state index contributed by atoms with van der Waals surface area (Å²) in [5, 5.41) is 18.0. The number of hydroxylamine groups is 1. The minimum absolute atomic E-state index is 0.105. The van der Waals surface area contributed by atoms with Gasteiger partial charge in [0.2, 0.25) is 23.6 Å². The Morgan fingerprint density at radius 2 is 1.53 bits per heavy atom. The van der Waals surface area contributed by atoms with Gasteiger partial charge in [-0.15, -0.1) is 0 Å². The lowest BCUT2D eigenvalue weighted by molar-refractivity contribution is 0.0706. The van der Waals surface area contributed by atoms with Crippen LogP contribution in [-0.4, -0.2) is 53.1 Å². The second kappa shape index (κ2) is 10.8. The average molecular weight is 503 g/mol. The monoisotopic (exact) mass is 502 g/mol. The fraction of sp³-hybridized carbons (Fsp3) is 0.125. The zero-order valence-corrected chi connectivity index (χ0v) is 19.6. The van der Waals surface area contributed by atoms with E-state index in [0.29, 0.717) is 11.1 Å². The Kier molecular flexibility index (Phi) is 8.03. The van der Waals surface area contributed by atoms with Crippen molar-refractivity contribution in [3.05, 3.63) is 89.5 Å². The van der Waals surface area contributed by atoms with Gasteiger partial charge in [0.1, 0.15) is 0 Å². The number of nitrogens with one attached hydrogen (secondary N) is 1. The SMILES string of the molecule is CN(CCO)C(=O)c1cc(-c2ccc(C(=O)NO)cc2)cc([N+](Cl)(Cl)C(=O)c2ccccc2)c1. The van der Waals surface area contributed by atoms with Gasteiger partial charge in [-0.25, -0.2) is 10.3 Å². The number of benzene rings is 3. The molecule has 0 radical (unpaired) electrons. The first-order valence-corrected chi connectivity index (χ1v) is 10.8. The van der Waals surface area contributed by atoms with Gasteiger partial charge in [0, 0.05) is 36.9 Å². The summed E-state index contributed by atoms with van der Waals surface area (Å²) in [5.41, 5.74) is 3.52. The number of rotatable bonds is 7. The van der Waals surface area contributed by atoms with Crippen molar-refractivity contribution in [2.45, 2.75) is 0 Å². The lowest BCUT2D eigenvalue weighted by Gasteiger charge is -2.20. The zero-order valence-electron chi connectivity index (χ0n) is 18.1. The van der Waals surface area contributed by atoms with E-state index in [9.17, 15) is 19.5 Å². The summed E-state index contributed by atoms with van der Waals surface area (Å²) in [6.07, 6.45) is 0. The summed E-state index contributed by atoms with van der Waals surface area (Å²) in [5.74, 6) is -1.69. The molecule has 34 heavy (non-hydrogen) atoms. The molecular weight excluding hydrogens is 481 g/mol. The normalized spacial score (nSPS) is 11.1. The number of halogens is 2. The Morgan fingerprint density at radius 3 is 2.12 bits per heavy atom. The van der Waals surface area contributed by atoms with Crippen molar-refractivity contribution in [3.63, 3.8) is 0 Å². The van der Waals surface area contributed by atoms with Gasteiger partial charge < -0.3 is 10.0 Å². The molecule has 0 heterocycles. The fourth-order valence-electron chi connectivity index (χ4n) is 3.27. The minimum atomic E-state index is -1.19. The molecule has 3 aromatic carbocycles. The van der Waals surface area contributed by atoms with Crippen molar-refractivity contribution in [1.29, 1.82) is 0 Å². The predicted octanol–water partition coefficient (Wildman–Crippen LogP) is 3.99. The average Bonchev–Trinajstić information content (AvgIpc) is 2.87. The third kappa shape index (κ3) is 5.44. The van der Waals surface area contributed by atoms with Crippen LogP contribution < -0.4 is 9.00 Å². The molecule has 176 valence electrons. The Labute approximate surface area is 206 Å². The lowest BCUT2D eigenvalue weighted by Crippen LogP contribution is -2.36. The maximum absolute atomic E-state index is 13.1. The Bertz CT molecular complexity index is 1200. The molecule has 0 aromatic heterocycles. The van der Waals surface area contributed by atoms with Gasteiger partial charge in [0.25, 0.3) is 11.8 Å². The summed E-state index contributed by atoms with van der Waals surface area (Å²) in [6.45, 7) is -0.116. The number of aliphatic hydroxyl groups excluding tert-OH is 1. The number of nitrogens with zero attached hydrogens (tertiary/aromatic N) is 2. The summed E-state index contributed by atoms with van der Waals surface area (Å²) >= 11 is 13.0. The molecule has 0 saturated heterocycles. The van der Waals surface area contributed by atoms with Crippen LogP contribution in [0.2, 0.25) is 0 Å². The van der Waals surface area contributed by atoms with Crippen LogP contribution in [0.4, 0.5) is 5.69 Å². The number of carbonyl (C=O) groups is 3. The first kappa shape index (κ1) is 25.4. The van der Waals surface area contributed by atoms with E-state index in [-0.39, 0.29) is 35.5 Å². The van der Waals surface area contributed by atoms with E-state index in [4.69, 9.17) is 28.8 Å². The molecule has 0 aliphatic rings. The molecule has 8 nitrogen and oxygen atoms in total. The van der Waals surface area contributed by atoms with Crippen LogP contribution in [0.25, 0.3) is 11.1 Å². The topological polar surface area (TPSA) is 107 Å². The number of quaternary nitrogens is 1. The van der Waals surface area contributed by atoms with Gasteiger partial charge in [-0.1, -0.05) is 30.3 Å². The molecule has 3 N–H and O–H groups in total. The van der Waals surface area contributed by atoms with E-state index < -0.39 is 21.2 Å². The van der Waals surface area contributed by atoms with Gasteiger partial charge in [0.05, 0.1) is 12.2 Å². The smallest absolute Gasteiger partial charge is 0.386 e. The van der Waals surface area contributed by atoms with Crippen LogP contribution in [0.5, 0.6) is 0 Å². The van der Waals surface area contributed by atoms with Crippen LogP contribution in [0.3, 0.4) is 0 Å². The van der Waals surface area contributed by atoms with Crippen molar-refractivity contribution >= 4 is 47.0 Å². The summed E-state index contributed by atoms with van der Waals surface area (Å²) in [4.78, 5) is 39.0. The second-order valence-corrected chi connectivity index (χ2v) is 8.61. The minimum Gasteiger partial charge on any atom is -0.395 e. The molecule has 0 fully saturated rings. The quantitative estimate of drug-likeness (QED) is 0.257. The molecule has 10 heteroatoms. The molecule has 0 atom stereocenters. The maximum atomic E-state index is 13.1. The summed E-state index contributed by atoms with van der Waals surface area (Å²) in [7, 11) is 1.53. The third-order valence-electron chi connectivity index (χ3n) is 5.13. The number of likely N-dealkylation sites (N-methyl/N-ethyl adjacent to an activating group) is 1. The Hall–Kier alpha value is -3.27. The molecule has 0 saturated carbocycles. The number of hydrogen-bond donors (Lipinski definition) is 3. The second-order valence-electron chi connectivity index (χ2n) is 7.42. The number of carbonyl (C=O) groups excluding carboxylic acids is 3. The molecule has 0 unspecified atom stereocenters. The number of aliphatic hydroxyl groups is 1. The molecule has 0 spiro atoms. The maximum Gasteiger partial charge on any atom is 0.386 e. The largest absolute Gasteiger partial charge is 0.395 e. The van der Waals surface area contributed by atoms with Crippen molar-refractivity contribution in [1.82, 2.24) is 13.9 Å². The number of amides is 3. The lowest BCUT2D eigenvalue weighted by atomic mass is 10.00. The zero-order chi connectivity index (χ0) is 24.9. The van der Waals surface area contributed by atoms with Gasteiger partial charge in [-0.2, -0.15) is 0 Å². The van der Waals surface area contributed by atoms with E-state index >= 15 is 0 Å². The highest BCUT2D eigenvalue weighted by Crippen LogP contribution is 2.37. The van der Waals surface area contributed by atoms with E-state index in [0.717, 1.165) is 0 Å². The summed E-state index contributed by atoms with van der Waals surface area (Å²) < 4.78 is -1.19. The molecule has 3 aromatic rings. The fourth-order valence-corrected chi connectivity index (χ4v) is 3.66. The highest BCUT2D eigenvalue weighted by Gasteiger charge is 2.40. The van der Waals surface area contributed by atoms with Crippen LogP contribution in [0, 0.1) is 0 Å². The van der Waals surface area contributed by atoms with Gasteiger partial charge in [-0.05, 0) is 45.0 Å².